The minimum absolute atomic E-state index is 0.0269. The second-order valence-corrected chi connectivity index (χ2v) is 6.29. The molecule has 2 aliphatic carbocycles. The molecule has 0 bridgehead atoms. The van der Waals surface area contributed by atoms with Gasteiger partial charge in [0.1, 0.15) is 0 Å². The van der Waals surface area contributed by atoms with Crippen LogP contribution < -0.4 is 5.32 Å². The van der Waals surface area contributed by atoms with Crippen molar-refractivity contribution in [2.45, 2.75) is 51.5 Å². The van der Waals surface area contributed by atoms with Gasteiger partial charge in [0.05, 0.1) is 12.1 Å². The highest BCUT2D eigenvalue weighted by atomic mass is 16.3. The average molecular weight is 254 g/mol. The molecule has 0 saturated heterocycles. The normalized spacial score (nSPS) is 23.3. The molecule has 0 radical (unpaired) electrons. The molecule has 0 aromatic rings. The summed E-state index contributed by atoms with van der Waals surface area (Å²) < 4.78 is 0. The quantitative estimate of drug-likeness (QED) is 0.624. The smallest absolute Gasteiger partial charge is 0.0628 e. The van der Waals surface area contributed by atoms with Crippen molar-refractivity contribution in [3.63, 3.8) is 0 Å². The van der Waals surface area contributed by atoms with Gasteiger partial charge in [-0.25, -0.2) is 0 Å². The van der Waals surface area contributed by atoms with E-state index >= 15 is 0 Å². The third-order valence-electron chi connectivity index (χ3n) is 4.53. The third-order valence-corrected chi connectivity index (χ3v) is 4.53. The van der Waals surface area contributed by atoms with E-state index in [0.717, 1.165) is 32.0 Å². The molecular weight excluding hydrogens is 224 g/mol. The van der Waals surface area contributed by atoms with E-state index in [1.807, 2.05) is 0 Å². The highest BCUT2D eigenvalue weighted by Crippen LogP contribution is 2.40. The van der Waals surface area contributed by atoms with Crippen LogP contribution in [0.4, 0.5) is 0 Å². The van der Waals surface area contributed by atoms with Crippen molar-refractivity contribution < 1.29 is 5.11 Å². The minimum Gasteiger partial charge on any atom is -0.394 e. The summed E-state index contributed by atoms with van der Waals surface area (Å²) in [6.07, 6.45) is 6.54. The first-order valence-corrected chi connectivity index (χ1v) is 7.82. The Balaban J connectivity index is 1.92. The fourth-order valence-electron chi connectivity index (χ4n) is 2.94. The lowest BCUT2D eigenvalue weighted by Crippen LogP contribution is -2.58. The number of aliphatic hydroxyl groups excluding tert-OH is 1. The van der Waals surface area contributed by atoms with Crippen molar-refractivity contribution in [3.05, 3.63) is 0 Å². The van der Waals surface area contributed by atoms with Crippen LogP contribution in [0.25, 0.3) is 0 Å². The van der Waals surface area contributed by atoms with Gasteiger partial charge in [0.15, 0.2) is 0 Å². The van der Waals surface area contributed by atoms with Gasteiger partial charge in [-0.05, 0) is 57.0 Å². The molecule has 1 unspecified atom stereocenters. The van der Waals surface area contributed by atoms with Gasteiger partial charge in [0.25, 0.3) is 0 Å². The lowest BCUT2D eigenvalue weighted by atomic mass is 9.92. The molecule has 2 rings (SSSR count). The van der Waals surface area contributed by atoms with Gasteiger partial charge in [0.2, 0.25) is 0 Å². The molecule has 0 heterocycles. The summed E-state index contributed by atoms with van der Waals surface area (Å²) in [4.78, 5) is 2.55. The highest BCUT2D eigenvalue weighted by Gasteiger charge is 2.45. The number of rotatable bonds is 10. The Bertz CT molecular complexity index is 251. The van der Waals surface area contributed by atoms with Crippen LogP contribution in [0.1, 0.15) is 46.0 Å². The number of hydrogen-bond donors (Lipinski definition) is 2. The molecule has 2 aliphatic rings. The van der Waals surface area contributed by atoms with E-state index in [1.165, 1.54) is 32.2 Å². The number of nitrogens with one attached hydrogen (secondary N) is 1. The van der Waals surface area contributed by atoms with Gasteiger partial charge in [-0.15, -0.1) is 0 Å². The summed E-state index contributed by atoms with van der Waals surface area (Å²) in [5.74, 6) is 1.63. The van der Waals surface area contributed by atoms with Crippen LogP contribution in [0.5, 0.6) is 0 Å². The zero-order valence-corrected chi connectivity index (χ0v) is 12.1. The summed E-state index contributed by atoms with van der Waals surface area (Å²) in [6, 6.07) is 0. The first kappa shape index (κ1) is 14.3. The molecular formula is C15H30N2O. The monoisotopic (exact) mass is 254 g/mol. The first-order valence-electron chi connectivity index (χ1n) is 7.82. The van der Waals surface area contributed by atoms with Crippen molar-refractivity contribution in [2.75, 3.05) is 32.8 Å². The molecule has 0 aliphatic heterocycles. The van der Waals surface area contributed by atoms with Gasteiger partial charge >= 0.3 is 0 Å². The number of likely N-dealkylation sites (N-methyl/N-ethyl adjacent to an activating group) is 1. The summed E-state index contributed by atoms with van der Waals surface area (Å²) in [7, 11) is 0. The zero-order valence-electron chi connectivity index (χ0n) is 12.1. The Kier molecular flexibility index (Phi) is 5.05. The SMILES string of the molecule is CCCNC(CO)(CN(CC)CC1CC1)C1CC1. The maximum absolute atomic E-state index is 9.92. The van der Waals surface area contributed by atoms with E-state index in [4.69, 9.17) is 0 Å². The minimum atomic E-state index is -0.0269. The topological polar surface area (TPSA) is 35.5 Å². The van der Waals surface area contributed by atoms with Gasteiger partial charge < -0.3 is 15.3 Å². The molecule has 0 spiro atoms. The Morgan fingerprint density at radius 3 is 2.39 bits per heavy atom. The molecule has 106 valence electrons. The second-order valence-electron chi connectivity index (χ2n) is 6.29. The molecule has 0 amide bonds. The van der Waals surface area contributed by atoms with E-state index in [2.05, 4.69) is 24.1 Å². The fourth-order valence-corrected chi connectivity index (χ4v) is 2.94. The first-order chi connectivity index (χ1) is 8.74. The molecule has 3 nitrogen and oxygen atoms in total. The van der Waals surface area contributed by atoms with E-state index in [1.54, 1.807) is 0 Å². The Morgan fingerprint density at radius 1 is 1.22 bits per heavy atom. The van der Waals surface area contributed by atoms with Crippen LogP contribution in [0.3, 0.4) is 0 Å². The summed E-state index contributed by atoms with van der Waals surface area (Å²) >= 11 is 0. The maximum atomic E-state index is 9.92. The molecule has 2 N–H and O–H groups in total. The maximum Gasteiger partial charge on any atom is 0.0628 e. The average Bonchev–Trinajstić information content (AvgIpc) is 3.26. The van der Waals surface area contributed by atoms with Crippen molar-refractivity contribution in [1.29, 1.82) is 0 Å². The zero-order chi connectivity index (χ0) is 13.0. The number of hydrogen-bond acceptors (Lipinski definition) is 3. The van der Waals surface area contributed by atoms with Crippen LogP contribution in [0.15, 0.2) is 0 Å². The fraction of sp³-hybridized carbons (Fsp3) is 1.00. The summed E-state index contributed by atoms with van der Waals surface area (Å²) in [5.41, 5.74) is -0.0269. The molecule has 2 fully saturated rings. The van der Waals surface area contributed by atoms with E-state index in [0.29, 0.717) is 12.5 Å². The van der Waals surface area contributed by atoms with Crippen LogP contribution in [0.2, 0.25) is 0 Å². The van der Waals surface area contributed by atoms with E-state index in [-0.39, 0.29) is 5.54 Å². The molecule has 1 atom stereocenters. The molecule has 0 aromatic heterocycles. The molecule has 18 heavy (non-hydrogen) atoms. The van der Waals surface area contributed by atoms with Gasteiger partial charge in [-0.1, -0.05) is 13.8 Å². The van der Waals surface area contributed by atoms with Crippen molar-refractivity contribution in [1.82, 2.24) is 10.2 Å². The number of aliphatic hydroxyl groups is 1. The van der Waals surface area contributed by atoms with Crippen molar-refractivity contribution in [3.8, 4) is 0 Å². The molecule has 0 aromatic carbocycles. The lowest BCUT2D eigenvalue weighted by Gasteiger charge is -2.38. The van der Waals surface area contributed by atoms with Crippen LogP contribution >= 0.6 is 0 Å². The van der Waals surface area contributed by atoms with E-state index < -0.39 is 0 Å². The largest absolute Gasteiger partial charge is 0.394 e. The highest BCUT2D eigenvalue weighted by molar-refractivity contribution is 5.03. The standard InChI is InChI=1S/C15H30N2O/c1-3-9-16-15(12-18,14-7-8-14)11-17(4-2)10-13-5-6-13/h13-14,16,18H,3-12H2,1-2H3. The Hall–Kier alpha value is -0.120. The van der Waals surface area contributed by atoms with Gasteiger partial charge in [-0.2, -0.15) is 0 Å². The predicted molar refractivity (Wildman–Crippen MR) is 75.7 cm³/mol. The van der Waals surface area contributed by atoms with Crippen LogP contribution in [0, 0.1) is 11.8 Å². The van der Waals surface area contributed by atoms with Crippen LogP contribution in [-0.2, 0) is 0 Å². The number of nitrogens with zero attached hydrogens (tertiary/aromatic N) is 1. The Labute approximate surface area is 112 Å². The summed E-state index contributed by atoms with van der Waals surface area (Å²) in [5, 5.41) is 13.6. The molecule has 2 saturated carbocycles. The summed E-state index contributed by atoms with van der Waals surface area (Å²) in [6.45, 7) is 9.14. The third kappa shape index (κ3) is 3.69. The van der Waals surface area contributed by atoms with Gasteiger partial charge in [0, 0.05) is 13.1 Å². The molecule has 3 heteroatoms. The second kappa shape index (κ2) is 6.36. The van der Waals surface area contributed by atoms with Crippen molar-refractivity contribution in [2.24, 2.45) is 11.8 Å². The van der Waals surface area contributed by atoms with E-state index in [9.17, 15) is 5.11 Å². The van der Waals surface area contributed by atoms with Crippen molar-refractivity contribution >= 4 is 0 Å². The van der Waals surface area contributed by atoms with Gasteiger partial charge in [-0.3, -0.25) is 0 Å². The van der Waals surface area contributed by atoms with Crippen LogP contribution in [-0.4, -0.2) is 48.3 Å². The predicted octanol–water partition coefficient (Wildman–Crippen LogP) is 1.86. The lowest BCUT2D eigenvalue weighted by molar-refractivity contribution is 0.0906. The Morgan fingerprint density at radius 2 is 1.94 bits per heavy atom.